The van der Waals surface area contributed by atoms with Crippen LogP contribution >= 0.6 is 0 Å². The molecule has 0 saturated carbocycles. The van der Waals surface area contributed by atoms with E-state index < -0.39 is 0 Å². The molecule has 1 aliphatic rings. The summed E-state index contributed by atoms with van der Waals surface area (Å²) in [5.41, 5.74) is 1.53. The monoisotopic (exact) mass is 306 g/mol. The number of hydrogen-bond donors (Lipinski definition) is 3. The van der Waals surface area contributed by atoms with E-state index in [2.05, 4.69) is 28.5 Å². The number of fused-ring (bicyclic) bond motifs is 3. The number of aliphatic hydroxyl groups excluding tert-OH is 1. The van der Waals surface area contributed by atoms with Crippen LogP contribution in [-0.4, -0.2) is 28.6 Å². The lowest BCUT2D eigenvalue weighted by Crippen LogP contribution is -2.33. The number of rotatable bonds is 3. The molecule has 0 saturated heterocycles. The highest BCUT2D eigenvalue weighted by molar-refractivity contribution is 6.09. The number of carbonyl (C=O) groups excluding carboxylic acids is 1. The van der Waals surface area contributed by atoms with Gasteiger partial charge in [0.25, 0.3) is 5.91 Å². The number of H-pyrrole nitrogens is 1. The van der Waals surface area contributed by atoms with Gasteiger partial charge in [-0.15, -0.1) is 0 Å². The first kappa shape index (κ1) is 14.0. The van der Waals surface area contributed by atoms with Crippen LogP contribution in [0.15, 0.2) is 54.6 Å². The maximum absolute atomic E-state index is 12.5. The van der Waals surface area contributed by atoms with Crippen LogP contribution < -0.4 is 5.32 Å². The van der Waals surface area contributed by atoms with Gasteiger partial charge in [-0.05, 0) is 29.3 Å². The molecule has 0 radical (unpaired) electrons. The number of aliphatic hydroxyl groups is 1. The predicted molar refractivity (Wildman–Crippen MR) is 91.4 cm³/mol. The van der Waals surface area contributed by atoms with Crippen LogP contribution in [0.2, 0.25) is 0 Å². The lowest BCUT2D eigenvalue weighted by atomic mass is 10.1. The van der Waals surface area contributed by atoms with E-state index in [1.165, 1.54) is 0 Å². The Labute approximate surface area is 133 Å². The Morgan fingerprint density at radius 3 is 2.87 bits per heavy atom. The van der Waals surface area contributed by atoms with Crippen LogP contribution in [0.5, 0.6) is 0 Å². The minimum absolute atomic E-state index is 0.0113. The van der Waals surface area contributed by atoms with Crippen molar-refractivity contribution in [2.24, 2.45) is 5.92 Å². The molecule has 0 aliphatic heterocycles. The van der Waals surface area contributed by atoms with Gasteiger partial charge >= 0.3 is 0 Å². The Balaban J connectivity index is 1.63. The van der Waals surface area contributed by atoms with Crippen LogP contribution in [0.1, 0.15) is 16.9 Å². The standard InChI is InChI=1S/C19H18N2O2/c22-11-12-5-7-14(9-12)20-19(23)18-10-16-15-4-2-1-3-13(15)6-8-17(16)21-18/h1-8,10,12,14,21-22H,9,11H2,(H,20,23)/t12-,14+/m0/s1. The highest BCUT2D eigenvalue weighted by Gasteiger charge is 2.21. The Morgan fingerprint density at radius 1 is 1.17 bits per heavy atom. The van der Waals surface area contributed by atoms with Gasteiger partial charge in [-0.25, -0.2) is 0 Å². The first-order chi connectivity index (χ1) is 11.2. The first-order valence-electron chi connectivity index (χ1n) is 7.85. The van der Waals surface area contributed by atoms with Crippen molar-refractivity contribution >= 4 is 27.6 Å². The highest BCUT2D eigenvalue weighted by atomic mass is 16.3. The van der Waals surface area contributed by atoms with Crippen LogP contribution in [0.4, 0.5) is 0 Å². The number of nitrogens with one attached hydrogen (secondary N) is 2. The summed E-state index contributed by atoms with van der Waals surface area (Å²) < 4.78 is 0. The number of aromatic nitrogens is 1. The van der Waals surface area contributed by atoms with Gasteiger partial charge in [0, 0.05) is 29.5 Å². The second kappa shape index (κ2) is 5.56. The van der Waals surface area contributed by atoms with Crippen molar-refractivity contribution in [3.63, 3.8) is 0 Å². The minimum Gasteiger partial charge on any atom is -0.396 e. The van der Waals surface area contributed by atoms with E-state index in [4.69, 9.17) is 5.11 Å². The smallest absolute Gasteiger partial charge is 0.268 e. The summed E-state index contributed by atoms with van der Waals surface area (Å²) in [4.78, 5) is 15.7. The van der Waals surface area contributed by atoms with Gasteiger partial charge in [-0.3, -0.25) is 4.79 Å². The largest absolute Gasteiger partial charge is 0.396 e. The molecule has 3 N–H and O–H groups in total. The van der Waals surface area contributed by atoms with Gasteiger partial charge in [0.1, 0.15) is 5.69 Å². The topological polar surface area (TPSA) is 65.1 Å². The normalized spacial score (nSPS) is 20.4. The van der Waals surface area contributed by atoms with Gasteiger partial charge in [0.2, 0.25) is 0 Å². The van der Waals surface area contributed by atoms with Crippen molar-refractivity contribution in [1.82, 2.24) is 10.3 Å². The fourth-order valence-corrected chi connectivity index (χ4v) is 3.27. The molecule has 0 unspecified atom stereocenters. The van der Waals surface area contributed by atoms with Gasteiger partial charge in [0.15, 0.2) is 0 Å². The molecule has 116 valence electrons. The summed E-state index contributed by atoms with van der Waals surface area (Å²) in [7, 11) is 0. The molecule has 0 spiro atoms. The van der Waals surface area contributed by atoms with E-state index in [1.807, 2.05) is 36.4 Å². The highest BCUT2D eigenvalue weighted by Crippen LogP contribution is 2.26. The van der Waals surface area contributed by atoms with E-state index >= 15 is 0 Å². The van der Waals surface area contributed by atoms with E-state index in [1.54, 1.807) is 0 Å². The Bertz CT molecular complexity index is 910. The van der Waals surface area contributed by atoms with Crippen molar-refractivity contribution in [2.45, 2.75) is 12.5 Å². The molecule has 1 amide bonds. The molecule has 4 heteroatoms. The average molecular weight is 306 g/mol. The molecular weight excluding hydrogens is 288 g/mol. The van der Waals surface area contributed by atoms with Crippen LogP contribution in [0.3, 0.4) is 0 Å². The lowest BCUT2D eigenvalue weighted by molar-refractivity contribution is 0.0937. The molecule has 1 aliphatic carbocycles. The van der Waals surface area contributed by atoms with E-state index in [0.29, 0.717) is 5.69 Å². The maximum Gasteiger partial charge on any atom is 0.268 e. The van der Waals surface area contributed by atoms with Crippen LogP contribution in [0.25, 0.3) is 21.7 Å². The van der Waals surface area contributed by atoms with Gasteiger partial charge < -0.3 is 15.4 Å². The van der Waals surface area contributed by atoms with Gasteiger partial charge in [-0.2, -0.15) is 0 Å². The van der Waals surface area contributed by atoms with E-state index in [0.717, 1.165) is 28.1 Å². The quantitative estimate of drug-likeness (QED) is 0.651. The third-order valence-electron chi connectivity index (χ3n) is 4.50. The second-order valence-corrected chi connectivity index (χ2v) is 6.07. The number of carbonyl (C=O) groups is 1. The summed E-state index contributed by atoms with van der Waals surface area (Å²) >= 11 is 0. The molecule has 23 heavy (non-hydrogen) atoms. The number of amides is 1. The third-order valence-corrected chi connectivity index (χ3v) is 4.50. The fourth-order valence-electron chi connectivity index (χ4n) is 3.27. The molecule has 0 fully saturated rings. The molecule has 0 bridgehead atoms. The van der Waals surface area contributed by atoms with Crippen LogP contribution in [0, 0.1) is 5.92 Å². The number of benzene rings is 2. The van der Waals surface area contributed by atoms with Gasteiger partial charge in [-0.1, -0.05) is 42.5 Å². The molecule has 1 aromatic heterocycles. The van der Waals surface area contributed by atoms with Crippen molar-refractivity contribution in [1.29, 1.82) is 0 Å². The average Bonchev–Trinajstić information content (AvgIpc) is 3.21. The molecular formula is C19H18N2O2. The summed E-state index contributed by atoms with van der Waals surface area (Å²) in [6.07, 6.45) is 4.67. The Kier molecular flexibility index (Phi) is 3.39. The number of aromatic amines is 1. The fraction of sp³-hybridized carbons (Fsp3) is 0.211. The number of hydrogen-bond acceptors (Lipinski definition) is 2. The molecule has 4 nitrogen and oxygen atoms in total. The molecule has 3 aromatic rings. The third kappa shape index (κ3) is 2.51. The van der Waals surface area contributed by atoms with E-state index in [-0.39, 0.29) is 24.5 Å². The Morgan fingerprint density at radius 2 is 2.04 bits per heavy atom. The first-order valence-corrected chi connectivity index (χ1v) is 7.85. The lowest BCUT2D eigenvalue weighted by Gasteiger charge is -2.11. The predicted octanol–water partition coefficient (Wildman–Crippen LogP) is 2.99. The van der Waals surface area contributed by atoms with Crippen molar-refractivity contribution in [3.05, 3.63) is 60.3 Å². The SMILES string of the molecule is O=C(N[C@@H]1C=C[C@H](CO)C1)c1cc2c(ccc3ccccc32)[nH]1. The van der Waals surface area contributed by atoms with E-state index in [9.17, 15) is 4.79 Å². The summed E-state index contributed by atoms with van der Waals surface area (Å²) in [5.74, 6) is 0.0329. The van der Waals surface area contributed by atoms with Crippen molar-refractivity contribution in [3.8, 4) is 0 Å². The zero-order valence-corrected chi connectivity index (χ0v) is 12.6. The summed E-state index contributed by atoms with van der Waals surface area (Å²) in [6.45, 7) is 0.126. The van der Waals surface area contributed by atoms with Crippen molar-refractivity contribution < 1.29 is 9.90 Å². The van der Waals surface area contributed by atoms with Crippen molar-refractivity contribution in [2.75, 3.05) is 6.61 Å². The summed E-state index contributed by atoms with van der Waals surface area (Å²) in [6, 6.07) is 14.1. The molecule has 2 atom stereocenters. The van der Waals surface area contributed by atoms with Gasteiger partial charge in [0.05, 0.1) is 0 Å². The minimum atomic E-state index is -0.112. The maximum atomic E-state index is 12.5. The molecule has 2 aromatic carbocycles. The summed E-state index contributed by atoms with van der Waals surface area (Å²) in [5, 5.41) is 15.5. The second-order valence-electron chi connectivity index (χ2n) is 6.07. The molecule has 1 heterocycles. The zero-order valence-electron chi connectivity index (χ0n) is 12.6. The molecule has 4 rings (SSSR count). The van der Waals surface area contributed by atoms with Crippen LogP contribution in [-0.2, 0) is 0 Å². The zero-order chi connectivity index (χ0) is 15.8. The Hall–Kier alpha value is -2.59.